The van der Waals surface area contributed by atoms with Crippen molar-refractivity contribution < 1.29 is 4.74 Å². The van der Waals surface area contributed by atoms with E-state index in [1.54, 1.807) is 15.9 Å². The molecule has 92 valence electrons. The van der Waals surface area contributed by atoms with Gasteiger partial charge in [0.15, 0.2) is 5.82 Å². The van der Waals surface area contributed by atoms with E-state index >= 15 is 0 Å². The molecule has 0 spiro atoms. The number of thiophene rings is 1. The van der Waals surface area contributed by atoms with Crippen LogP contribution in [0.15, 0.2) is 22.3 Å². The van der Waals surface area contributed by atoms with Crippen LogP contribution in [0, 0.1) is 0 Å². The Hall–Kier alpha value is -1.40. The van der Waals surface area contributed by atoms with Crippen LogP contribution in [0.3, 0.4) is 0 Å². The zero-order valence-corrected chi connectivity index (χ0v) is 10.7. The van der Waals surface area contributed by atoms with Crippen LogP contribution in [0.4, 0.5) is 0 Å². The van der Waals surface area contributed by atoms with Gasteiger partial charge in [-0.2, -0.15) is 5.10 Å². The van der Waals surface area contributed by atoms with Gasteiger partial charge in [0, 0.05) is 11.5 Å². The SMILES string of the molecule is CCOC(C)c1n[nH]c(=O)n1Cc1cccs1. The number of hydrogen-bond acceptors (Lipinski definition) is 4. The van der Waals surface area contributed by atoms with Crippen molar-refractivity contribution in [2.45, 2.75) is 26.5 Å². The maximum absolute atomic E-state index is 11.7. The fourth-order valence-electron chi connectivity index (χ4n) is 1.68. The second-order valence-corrected chi connectivity index (χ2v) is 4.68. The molecule has 0 fully saturated rings. The summed E-state index contributed by atoms with van der Waals surface area (Å²) in [6.45, 7) is 4.95. The van der Waals surface area contributed by atoms with Gasteiger partial charge in [0.2, 0.25) is 0 Å². The number of H-pyrrole nitrogens is 1. The van der Waals surface area contributed by atoms with Crippen LogP contribution in [-0.2, 0) is 11.3 Å². The predicted molar refractivity (Wildman–Crippen MR) is 66.3 cm³/mol. The first-order valence-corrected chi connectivity index (χ1v) is 6.39. The normalized spacial score (nSPS) is 12.8. The standard InChI is InChI=1S/C11H15N3O2S/c1-3-16-8(2)10-12-13-11(15)14(10)7-9-5-4-6-17-9/h4-6,8H,3,7H2,1-2H3,(H,13,15). The van der Waals surface area contributed by atoms with Gasteiger partial charge < -0.3 is 4.74 Å². The Morgan fingerprint density at radius 3 is 3.12 bits per heavy atom. The second kappa shape index (κ2) is 5.29. The number of rotatable bonds is 5. The molecule has 0 amide bonds. The fourth-order valence-corrected chi connectivity index (χ4v) is 2.37. The molecule has 0 aliphatic rings. The topological polar surface area (TPSA) is 59.9 Å². The van der Waals surface area contributed by atoms with Crippen molar-refractivity contribution in [3.63, 3.8) is 0 Å². The Labute approximate surface area is 103 Å². The lowest BCUT2D eigenvalue weighted by Crippen LogP contribution is -2.20. The van der Waals surface area contributed by atoms with E-state index in [0.29, 0.717) is 19.0 Å². The van der Waals surface area contributed by atoms with Gasteiger partial charge >= 0.3 is 5.69 Å². The van der Waals surface area contributed by atoms with E-state index in [9.17, 15) is 4.79 Å². The first kappa shape index (κ1) is 12.1. The molecule has 0 aromatic carbocycles. The molecule has 0 radical (unpaired) electrons. The van der Waals surface area contributed by atoms with Gasteiger partial charge in [-0.25, -0.2) is 9.89 Å². The van der Waals surface area contributed by atoms with E-state index in [1.165, 1.54) is 0 Å². The van der Waals surface area contributed by atoms with E-state index < -0.39 is 0 Å². The molecule has 2 aromatic rings. The molecule has 0 aliphatic heterocycles. The van der Waals surface area contributed by atoms with Crippen molar-refractivity contribution in [3.8, 4) is 0 Å². The molecular formula is C11H15N3O2S. The minimum absolute atomic E-state index is 0.182. The lowest BCUT2D eigenvalue weighted by atomic mass is 10.3. The highest BCUT2D eigenvalue weighted by Crippen LogP contribution is 2.15. The lowest BCUT2D eigenvalue weighted by Gasteiger charge is -2.11. The van der Waals surface area contributed by atoms with Crippen molar-refractivity contribution in [1.29, 1.82) is 0 Å². The van der Waals surface area contributed by atoms with E-state index in [0.717, 1.165) is 4.88 Å². The maximum atomic E-state index is 11.7. The molecule has 2 rings (SSSR count). The summed E-state index contributed by atoms with van der Waals surface area (Å²) in [4.78, 5) is 12.8. The van der Waals surface area contributed by atoms with Crippen LogP contribution in [0.5, 0.6) is 0 Å². The van der Waals surface area contributed by atoms with E-state index in [2.05, 4.69) is 10.2 Å². The molecule has 2 heterocycles. The van der Waals surface area contributed by atoms with Crippen LogP contribution in [0.25, 0.3) is 0 Å². The molecule has 0 saturated heterocycles. The van der Waals surface area contributed by atoms with Crippen molar-refractivity contribution in [2.75, 3.05) is 6.61 Å². The molecular weight excluding hydrogens is 238 g/mol. The van der Waals surface area contributed by atoms with Crippen molar-refractivity contribution in [2.24, 2.45) is 0 Å². The summed E-state index contributed by atoms with van der Waals surface area (Å²) in [5.41, 5.74) is -0.194. The van der Waals surface area contributed by atoms with Gasteiger partial charge in [-0.15, -0.1) is 11.3 Å². The molecule has 1 N–H and O–H groups in total. The highest BCUT2D eigenvalue weighted by atomic mass is 32.1. The second-order valence-electron chi connectivity index (χ2n) is 3.65. The summed E-state index contributed by atoms with van der Waals surface area (Å²) in [5, 5.41) is 8.48. The Bertz CT molecular complexity index is 515. The highest BCUT2D eigenvalue weighted by molar-refractivity contribution is 7.09. The zero-order valence-electron chi connectivity index (χ0n) is 9.84. The minimum atomic E-state index is -0.194. The van der Waals surface area contributed by atoms with Crippen LogP contribution >= 0.6 is 11.3 Å². The Balaban J connectivity index is 2.26. The van der Waals surface area contributed by atoms with Gasteiger partial charge in [0.25, 0.3) is 0 Å². The van der Waals surface area contributed by atoms with E-state index in [4.69, 9.17) is 4.74 Å². The summed E-state index contributed by atoms with van der Waals surface area (Å²) in [6.07, 6.45) is -0.182. The number of ether oxygens (including phenoxy) is 1. The predicted octanol–water partition coefficient (Wildman–Crippen LogP) is 1.78. The molecule has 0 bridgehead atoms. The number of aromatic nitrogens is 3. The quantitative estimate of drug-likeness (QED) is 0.883. The first-order valence-electron chi connectivity index (χ1n) is 5.51. The molecule has 2 aromatic heterocycles. The number of nitrogens with one attached hydrogen (secondary N) is 1. The number of nitrogens with zero attached hydrogens (tertiary/aromatic N) is 2. The summed E-state index contributed by atoms with van der Waals surface area (Å²) < 4.78 is 7.08. The van der Waals surface area contributed by atoms with Gasteiger partial charge in [-0.3, -0.25) is 4.57 Å². The Kier molecular flexibility index (Phi) is 3.75. The largest absolute Gasteiger partial charge is 0.371 e. The number of aromatic amines is 1. The third-order valence-corrected chi connectivity index (χ3v) is 3.32. The van der Waals surface area contributed by atoms with Crippen molar-refractivity contribution >= 4 is 11.3 Å². The average molecular weight is 253 g/mol. The van der Waals surface area contributed by atoms with Crippen LogP contribution in [0.1, 0.15) is 30.7 Å². The first-order chi connectivity index (χ1) is 8.22. The summed E-state index contributed by atoms with van der Waals surface area (Å²) in [6, 6.07) is 3.97. The van der Waals surface area contributed by atoms with Crippen LogP contribution in [-0.4, -0.2) is 21.4 Å². The third-order valence-electron chi connectivity index (χ3n) is 2.46. The molecule has 5 nitrogen and oxygen atoms in total. The fraction of sp³-hybridized carbons (Fsp3) is 0.455. The molecule has 0 aliphatic carbocycles. The molecule has 6 heteroatoms. The summed E-state index contributed by atoms with van der Waals surface area (Å²) in [7, 11) is 0. The average Bonchev–Trinajstić information content (AvgIpc) is 2.91. The molecule has 1 unspecified atom stereocenters. The van der Waals surface area contributed by atoms with Gasteiger partial charge in [0.05, 0.1) is 6.54 Å². The van der Waals surface area contributed by atoms with Crippen LogP contribution < -0.4 is 5.69 Å². The smallest absolute Gasteiger partial charge is 0.343 e. The Morgan fingerprint density at radius 2 is 2.47 bits per heavy atom. The molecule has 17 heavy (non-hydrogen) atoms. The van der Waals surface area contributed by atoms with Crippen molar-refractivity contribution in [1.82, 2.24) is 14.8 Å². The summed E-state index contributed by atoms with van der Waals surface area (Å²) in [5.74, 6) is 0.644. The Morgan fingerprint density at radius 1 is 1.65 bits per heavy atom. The highest BCUT2D eigenvalue weighted by Gasteiger charge is 2.15. The molecule has 0 saturated carbocycles. The number of hydrogen-bond donors (Lipinski definition) is 1. The van der Waals surface area contributed by atoms with E-state index in [1.807, 2.05) is 31.4 Å². The van der Waals surface area contributed by atoms with Gasteiger partial charge in [-0.05, 0) is 25.3 Å². The van der Waals surface area contributed by atoms with Gasteiger partial charge in [-0.1, -0.05) is 6.07 Å². The zero-order chi connectivity index (χ0) is 12.3. The lowest BCUT2D eigenvalue weighted by molar-refractivity contribution is 0.0673. The monoisotopic (exact) mass is 253 g/mol. The minimum Gasteiger partial charge on any atom is -0.371 e. The molecule has 1 atom stereocenters. The van der Waals surface area contributed by atoms with E-state index in [-0.39, 0.29) is 11.8 Å². The summed E-state index contributed by atoms with van der Waals surface area (Å²) >= 11 is 1.62. The van der Waals surface area contributed by atoms with Crippen molar-refractivity contribution in [3.05, 3.63) is 38.7 Å². The third kappa shape index (κ3) is 2.65. The van der Waals surface area contributed by atoms with Crippen LogP contribution in [0.2, 0.25) is 0 Å². The maximum Gasteiger partial charge on any atom is 0.343 e. The van der Waals surface area contributed by atoms with Gasteiger partial charge in [0.1, 0.15) is 6.10 Å².